The van der Waals surface area contributed by atoms with Crippen LogP contribution in [-0.2, 0) is 0 Å². The molecule has 13 heavy (non-hydrogen) atoms. The third-order valence-corrected chi connectivity index (χ3v) is 3.60. The molecule has 0 saturated heterocycles. The minimum absolute atomic E-state index is 0.149. The van der Waals surface area contributed by atoms with Crippen LogP contribution in [0.4, 0.5) is 0 Å². The molecule has 4 heteroatoms. The van der Waals surface area contributed by atoms with E-state index in [0.29, 0.717) is 4.90 Å². The third-order valence-electron chi connectivity index (χ3n) is 1.85. The van der Waals surface area contributed by atoms with Gasteiger partial charge in [-0.2, -0.15) is 0 Å². The number of fused-ring (bicyclic) bond motifs is 1. The van der Waals surface area contributed by atoms with Gasteiger partial charge in [0, 0.05) is 0 Å². The molecule has 0 aliphatic rings. The van der Waals surface area contributed by atoms with E-state index in [4.69, 9.17) is 0 Å². The van der Waals surface area contributed by atoms with Crippen molar-refractivity contribution in [3.8, 4) is 11.5 Å². The number of phenols is 2. The maximum atomic E-state index is 9.75. The lowest BCUT2D eigenvalue weighted by Gasteiger charge is -2.04. The predicted molar refractivity (Wildman–Crippen MR) is 56.9 cm³/mol. The predicted octanol–water partition coefficient (Wildman–Crippen LogP) is 3.03. The Morgan fingerprint density at radius 3 is 2.85 bits per heavy atom. The van der Waals surface area contributed by atoms with E-state index in [1.165, 1.54) is 23.1 Å². The number of hydrogen-bond acceptors (Lipinski definition) is 4. The molecule has 2 aromatic rings. The van der Waals surface area contributed by atoms with Crippen LogP contribution in [0.15, 0.2) is 22.4 Å². The number of phenolic OH excluding ortho intramolecular Hbond substituents is 2. The first kappa shape index (κ1) is 8.72. The highest BCUT2D eigenvalue weighted by Crippen LogP contribution is 2.43. The van der Waals surface area contributed by atoms with Crippen molar-refractivity contribution in [2.24, 2.45) is 0 Å². The Kier molecular flexibility index (Phi) is 2.09. The largest absolute Gasteiger partial charge is 0.507 e. The van der Waals surface area contributed by atoms with Gasteiger partial charge in [0.2, 0.25) is 0 Å². The van der Waals surface area contributed by atoms with Gasteiger partial charge < -0.3 is 10.2 Å². The molecular formula is C9H8O2S2. The van der Waals surface area contributed by atoms with Crippen LogP contribution < -0.4 is 0 Å². The molecule has 0 spiro atoms. The molecule has 2 N–H and O–H groups in total. The minimum atomic E-state index is 0.149. The Hall–Kier alpha value is -0.870. The number of aromatic hydroxyl groups is 2. The average molecular weight is 212 g/mol. The highest BCUT2D eigenvalue weighted by atomic mass is 32.2. The molecule has 0 saturated carbocycles. The van der Waals surface area contributed by atoms with Crippen molar-refractivity contribution in [1.82, 2.24) is 0 Å². The van der Waals surface area contributed by atoms with Crippen LogP contribution in [0.25, 0.3) is 10.1 Å². The second-order valence-electron chi connectivity index (χ2n) is 2.62. The Balaban J connectivity index is 2.85. The van der Waals surface area contributed by atoms with Gasteiger partial charge in [0.1, 0.15) is 5.75 Å². The average Bonchev–Trinajstić information content (AvgIpc) is 2.53. The molecule has 1 heterocycles. The van der Waals surface area contributed by atoms with Crippen LogP contribution in [0.3, 0.4) is 0 Å². The number of benzene rings is 1. The molecule has 0 amide bonds. The van der Waals surface area contributed by atoms with E-state index < -0.39 is 0 Å². The molecule has 0 bridgehead atoms. The molecule has 2 rings (SSSR count). The zero-order valence-electron chi connectivity index (χ0n) is 6.94. The molecule has 0 aliphatic heterocycles. The third kappa shape index (κ3) is 1.26. The second kappa shape index (κ2) is 3.12. The summed E-state index contributed by atoms with van der Waals surface area (Å²) in [5.74, 6) is 0.341. The smallest absolute Gasteiger partial charge is 0.150 e. The highest BCUT2D eigenvalue weighted by molar-refractivity contribution is 7.98. The summed E-state index contributed by atoms with van der Waals surface area (Å²) in [6.07, 6.45) is 1.83. The molecule has 1 aromatic heterocycles. The molecule has 0 fully saturated rings. The number of thiophene rings is 1. The summed E-state index contributed by atoms with van der Waals surface area (Å²) in [5.41, 5.74) is 0. The summed E-state index contributed by atoms with van der Waals surface area (Å²) in [4.78, 5) is 0.551. The van der Waals surface area contributed by atoms with E-state index in [2.05, 4.69) is 0 Å². The van der Waals surface area contributed by atoms with Gasteiger partial charge in [-0.3, -0.25) is 0 Å². The van der Waals surface area contributed by atoms with Gasteiger partial charge in [0.05, 0.1) is 9.60 Å². The summed E-state index contributed by atoms with van der Waals surface area (Å²) < 4.78 is 0.835. The van der Waals surface area contributed by atoms with Crippen molar-refractivity contribution in [3.63, 3.8) is 0 Å². The monoisotopic (exact) mass is 212 g/mol. The highest BCUT2D eigenvalue weighted by Gasteiger charge is 2.11. The van der Waals surface area contributed by atoms with Crippen LogP contribution in [0.1, 0.15) is 0 Å². The second-order valence-corrected chi connectivity index (χ2v) is 4.35. The molecule has 0 aliphatic carbocycles. The maximum absolute atomic E-state index is 9.75. The van der Waals surface area contributed by atoms with Crippen LogP contribution in [0, 0.1) is 0 Å². The minimum Gasteiger partial charge on any atom is -0.507 e. The first-order chi connectivity index (χ1) is 6.24. The van der Waals surface area contributed by atoms with Crippen molar-refractivity contribution in [3.05, 3.63) is 17.5 Å². The Bertz CT molecular complexity index is 448. The summed E-state index contributed by atoms with van der Waals surface area (Å²) >= 11 is 2.82. The topological polar surface area (TPSA) is 40.5 Å². The Labute approximate surface area is 83.8 Å². The molecular weight excluding hydrogens is 204 g/mol. The lowest BCUT2D eigenvalue weighted by molar-refractivity contribution is 0.434. The van der Waals surface area contributed by atoms with Crippen molar-refractivity contribution in [2.75, 3.05) is 6.26 Å². The fourth-order valence-corrected chi connectivity index (χ4v) is 2.72. The first-order valence-electron chi connectivity index (χ1n) is 3.70. The number of thioether (sulfide) groups is 1. The molecule has 0 unspecified atom stereocenters. The fourth-order valence-electron chi connectivity index (χ4n) is 1.26. The van der Waals surface area contributed by atoms with Crippen molar-refractivity contribution in [1.29, 1.82) is 0 Å². The molecule has 2 nitrogen and oxygen atoms in total. The SMILES string of the molecule is CSc1c(O)cc2ccsc2c1O. The summed E-state index contributed by atoms with van der Waals surface area (Å²) in [6, 6.07) is 3.56. The number of rotatable bonds is 1. The molecule has 1 aromatic carbocycles. The van der Waals surface area contributed by atoms with Gasteiger partial charge in [-0.1, -0.05) is 0 Å². The van der Waals surface area contributed by atoms with E-state index in [-0.39, 0.29) is 11.5 Å². The zero-order valence-corrected chi connectivity index (χ0v) is 8.58. The fraction of sp³-hybridized carbons (Fsp3) is 0.111. The van der Waals surface area contributed by atoms with Crippen LogP contribution in [0.2, 0.25) is 0 Å². The van der Waals surface area contributed by atoms with Gasteiger partial charge in [-0.25, -0.2) is 0 Å². The normalized spacial score (nSPS) is 10.8. The van der Waals surface area contributed by atoms with Crippen LogP contribution in [-0.4, -0.2) is 16.5 Å². The quantitative estimate of drug-likeness (QED) is 0.714. The summed E-state index contributed by atoms with van der Waals surface area (Å²) in [6.45, 7) is 0. The zero-order chi connectivity index (χ0) is 9.42. The Morgan fingerprint density at radius 1 is 1.38 bits per heavy atom. The van der Waals surface area contributed by atoms with E-state index in [1.807, 2.05) is 17.7 Å². The van der Waals surface area contributed by atoms with Gasteiger partial charge in [0.15, 0.2) is 5.75 Å². The maximum Gasteiger partial charge on any atom is 0.150 e. The van der Waals surface area contributed by atoms with E-state index in [1.54, 1.807) is 6.07 Å². The van der Waals surface area contributed by atoms with Gasteiger partial charge in [0.25, 0.3) is 0 Å². The lowest BCUT2D eigenvalue weighted by Crippen LogP contribution is -1.75. The first-order valence-corrected chi connectivity index (χ1v) is 5.80. The van der Waals surface area contributed by atoms with Crippen molar-refractivity contribution >= 4 is 33.2 Å². The van der Waals surface area contributed by atoms with Crippen LogP contribution >= 0.6 is 23.1 Å². The Morgan fingerprint density at radius 2 is 2.15 bits per heavy atom. The standard InChI is InChI=1S/C9H8O2S2/c1-12-9-6(10)4-5-2-3-13-8(5)7(9)11/h2-4,10-11H,1H3. The van der Waals surface area contributed by atoms with Crippen LogP contribution in [0.5, 0.6) is 11.5 Å². The van der Waals surface area contributed by atoms with E-state index in [9.17, 15) is 10.2 Å². The van der Waals surface area contributed by atoms with Gasteiger partial charge >= 0.3 is 0 Å². The van der Waals surface area contributed by atoms with Gasteiger partial charge in [-0.05, 0) is 29.2 Å². The molecule has 0 radical (unpaired) electrons. The summed E-state index contributed by atoms with van der Waals surface area (Å²) in [5, 5.41) is 22.1. The molecule has 68 valence electrons. The molecule has 0 atom stereocenters. The van der Waals surface area contributed by atoms with Crippen molar-refractivity contribution in [2.45, 2.75) is 4.90 Å². The van der Waals surface area contributed by atoms with Crippen molar-refractivity contribution < 1.29 is 10.2 Å². The number of hydrogen-bond donors (Lipinski definition) is 2. The van der Waals surface area contributed by atoms with Gasteiger partial charge in [-0.15, -0.1) is 23.1 Å². The van der Waals surface area contributed by atoms with E-state index >= 15 is 0 Å². The lowest BCUT2D eigenvalue weighted by atomic mass is 10.2. The summed E-state index contributed by atoms with van der Waals surface area (Å²) in [7, 11) is 0. The van der Waals surface area contributed by atoms with E-state index in [0.717, 1.165) is 10.1 Å².